The van der Waals surface area contributed by atoms with Gasteiger partial charge in [0.1, 0.15) is 5.69 Å². The molecule has 2 N–H and O–H groups in total. The number of aryl methyl sites for hydroxylation is 1. The van der Waals surface area contributed by atoms with E-state index in [4.69, 9.17) is 4.52 Å². The molecule has 23 heavy (non-hydrogen) atoms. The van der Waals surface area contributed by atoms with Crippen LogP contribution in [-0.4, -0.2) is 22.7 Å². The van der Waals surface area contributed by atoms with Crippen LogP contribution in [0.1, 0.15) is 27.8 Å². The average Bonchev–Trinajstić information content (AvgIpc) is 3.24. The predicted octanol–water partition coefficient (Wildman–Crippen LogP) is 3.17. The van der Waals surface area contributed by atoms with Crippen LogP contribution in [0.4, 0.5) is 0 Å². The number of aliphatic hydroxyl groups excluding tert-OH is 1. The Kier molecular flexibility index (Phi) is 4.55. The van der Waals surface area contributed by atoms with Gasteiger partial charge >= 0.3 is 0 Å². The van der Waals surface area contributed by atoms with Crippen LogP contribution in [0.3, 0.4) is 0 Å². The molecule has 0 aliphatic heterocycles. The van der Waals surface area contributed by atoms with E-state index in [2.05, 4.69) is 10.5 Å². The van der Waals surface area contributed by atoms with Crippen LogP contribution in [0.5, 0.6) is 0 Å². The second-order valence-electron chi connectivity index (χ2n) is 5.22. The molecule has 0 saturated heterocycles. The Morgan fingerprint density at radius 3 is 2.83 bits per heavy atom. The lowest BCUT2D eigenvalue weighted by Gasteiger charge is -2.08. The van der Waals surface area contributed by atoms with Crippen molar-refractivity contribution in [3.8, 4) is 11.3 Å². The van der Waals surface area contributed by atoms with Crippen molar-refractivity contribution < 1.29 is 14.4 Å². The van der Waals surface area contributed by atoms with Gasteiger partial charge in [-0.25, -0.2) is 0 Å². The van der Waals surface area contributed by atoms with E-state index < -0.39 is 12.0 Å². The van der Waals surface area contributed by atoms with E-state index >= 15 is 0 Å². The molecule has 1 atom stereocenters. The van der Waals surface area contributed by atoms with E-state index in [1.54, 1.807) is 6.07 Å². The van der Waals surface area contributed by atoms with Crippen LogP contribution >= 0.6 is 11.3 Å². The molecule has 1 unspecified atom stereocenters. The molecule has 5 nitrogen and oxygen atoms in total. The fourth-order valence-electron chi connectivity index (χ4n) is 2.10. The summed E-state index contributed by atoms with van der Waals surface area (Å²) >= 11 is 1.50. The van der Waals surface area contributed by atoms with Gasteiger partial charge in [0, 0.05) is 18.2 Å². The van der Waals surface area contributed by atoms with Crippen molar-refractivity contribution in [1.29, 1.82) is 0 Å². The second-order valence-corrected chi connectivity index (χ2v) is 6.00. The SMILES string of the molecule is Cc1ccc(-c2cc(C(=O)NCC(O)c3ccsc3)on2)cc1. The van der Waals surface area contributed by atoms with E-state index in [1.165, 1.54) is 11.3 Å². The Balaban J connectivity index is 1.63. The van der Waals surface area contributed by atoms with Crippen molar-refractivity contribution in [1.82, 2.24) is 10.5 Å². The molecule has 0 fully saturated rings. The molecule has 0 spiro atoms. The lowest BCUT2D eigenvalue weighted by Crippen LogP contribution is -2.27. The quantitative estimate of drug-likeness (QED) is 0.754. The summed E-state index contributed by atoms with van der Waals surface area (Å²) < 4.78 is 5.09. The minimum atomic E-state index is -0.732. The molecule has 0 saturated carbocycles. The predicted molar refractivity (Wildman–Crippen MR) is 88.3 cm³/mol. The summed E-state index contributed by atoms with van der Waals surface area (Å²) in [7, 11) is 0. The number of nitrogens with one attached hydrogen (secondary N) is 1. The zero-order valence-corrected chi connectivity index (χ0v) is 13.3. The molecule has 0 radical (unpaired) electrons. The van der Waals surface area contributed by atoms with Crippen molar-refractivity contribution >= 4 is 17.2 Å². The maximum atomic E-state index is 12.1. The third kappa shape index (κ3) is 3.67. The number of hydrogen-bond acceptors (Lipinski definition) is 5. The molecule has 2 heterocycles. The third-order valence-electron chi connectivity index (χ3n) is 3.47. The number of hydrogen-bond donors (Lipinski definition) is 2. The largest absolute Gasteiger partial charge is 0.387 e. The second kappa shape index (κ2) is 6.76. The van der Waals surface area contributed by atoms with Gasteiger partial charge in [-0.3, -0.25) is 4.79 Å². The first kappa shape index (κ1) is 15.5. The van der Waals surface area contributed by atoms with Gasteiger partial charge in [-0.15, -0.1) is 0 Å². The molecule has 0 bridgehead atoms. The Hall–Kier alpha value is -2.44. The lowest BCUT2D eigenvalue weighted by molar-refractivity contribution is 0.0880. The summed E-state index contributed by atoms with van der Waals surface area (Å²) in [5, 5.41) is 20.2. The van der Waals surface area contributed by atoms with E-state index in [0.29, 0.717) is 5.69 Å². The minimum absolute atomic E-state index is 0.121. The number of carbonyl (C=O) groups excluding carboxylic acids is 1. The highest BCUT2D eigenvalue weighted by molar-refractivity contribution is 7.07. The molecular formula is C17H16N2O3S. The first-order valence-electron chi connectivity index (χ1n) is 7.15. The normalized spacial score (nSPS) is 12.1. The number of amides is 1. The minimum Gasteiger partial charge on any atom is -0.387 e. The smallest absolute Gasteiger partial charge is 0.290 e. The van der Waals surface area contributed by atoms with E-state index in [1.807, 2.05) is 48.0 Å². The van der Waals surface area contributed by atoms with Gasteiger partial charge in [0.2, 0.25) is 5.76 Å². The molecular weight excluding hydrogens is 312 g/mol. The topological polar surface area (TPSA) is 75.4 Å². The van der Waals surface area contributed by atoms with Crippen LogP contribution in [0, 0.1) is 6.92 Å². The molecule has 0 aliphatic rings. The zero-order valence-electron chi connectivity index (χ0n) is 12.5. The van der Waals surface area contributed by atoms with Gasteiger partial charge in [0.05, 0.1) is 6.10 Å². The van der Waals surface area contributed by atoms with Crippen LogP contribution in [0.15, 0.2) is 51.7 Å². The number of thiophene rings is 1. The summed E-state index contributed by atoms with van der Waals surface area (Å²) in [5.74, 6) is -0.275. The summed E-state index contributed by atoms with van der Waals surface area (Å²) in [4.78, 5) is 12.1. The molecule has 1 aromatic carbocycles. The van der Waals surface area contributed by atoms with E-state index in [9.17, 15) is 9.90 Å². The van der Waals surface area contributed by atoms with Crippen LogP contribution < -0.4 is 5.32 Å². The maximum Gasteiger partial charge on any atom is 0.290 e. The van der Waals surface area contributed by atoms with Crippen molar-refractivity contribution in [2.45, 2.75) is 13.0 Å². The Morgan fingerprint density at radius 1 is 1.35 bits per heavy atom. The van der Waals surface area contributed by atoms with Gasteiger partial charge in [-0.2, -0.15) is 11.3 Å². The highest BCUT2D eigenvalue weighted by Crippen LogP contribution is 2.20. The van der Waals surface area contributed by atoms with Gasteiger partial charge in [0.15, 0.2) is 0 Å². The number of aliphatic hydroxyl groups is 1. The van der Waals surface area contributed by atoms with Gasteiger partial charge in [-0.05, 0) is 29.3 Å². The standard InChI is InChI=1S/C17H16N2O3S/c1-11-2-4-12(5-3-11)14-8-16(22-19-14)17(21)18-9-15(20)13-6-7-23-10-13/h2-8,10,15,20H,9H2,1H3,(H,18,21). The fourth-order valence-corrected chi connectivity index (χ4v) is 2.81. The number of carbonyl (C=O) groups is 1. The molecule has 2 aromatic heterocycles. The Bertz CT molecular complexity index is 779. The third-order valence-corrected chi connectivity index (χ3v) is 4.17. The first-order valence-corrected chi connectivity index (χ1v) is 8.10. The highest BCUT2D eigenvalue weighted by Gasteiger charge is 2.16. The van der Waals surface area contributed by atoms with Crippen molar-refractivity contribution in [3.05, 3.63) is 64.0 Å². The maximum absolute atomic E-state index is 12.1. The number of benzene rings is 1. The van der Waals surface area contributed by atoms with Gasteiger partial charge in [0.25, 0.3) is 5.91 Å². The summed E-state index contributed by atoms with van der Waals surface area (Å²) in [6.07, 6.45) is -0.732. The van der Waals surface area contributed by atoms with E-state index in [-0.39, 0.29) is 12.3 Å². The number of nitrogens with zero attached hydrogens (tertiary/aromatic N) is 1. The lowest BCUT2D eigenvalue weighted by atomic mass is 10.1. The van der Waals surface area contributed by atoms with Crippen LogP contribution in [0.2, 0.25) is 0 Å². The molecule has 3 aromatic rings. The summed E-state index contributed by atoms with van der Waals surface area (Å²) in [6, 6.07) is 11.2. The molecule has 118 valence electrons. The first-order chi connectivity index (χ1) is 11.1. The summed E-state index contributed by atoms with van der Waals surface area (Å²) in [5.41, 5.74) is 3.43. The zero-order chi connectivity index (χ0) is 16.2. The molecule has 3 rings (SSSR count). The molecule has 0 aliphatic carbocycles. The fraction of sp³-hybridized carbons (Fsp3) is 0.176. The Morgan fingerprint density at radius 2 is 2.13 bits per heavy atom. The van der Waals surface area contributed by atoms with Gasteiger partial charge < -0.3 is 14.9 Å². The van der Waals surface area contributed by atoms with Crippen molar-refractivity contribution in [2.24, 2.45) is 0 Å². The van der Waals surface area contributed by atoms with Gasteiger partial charge in [-0.1, -0.05) is 35.0 Å². The van der Waals surface area contributed by atoms with E-state index in [0.717, 1.165) is 16.7 Å². The number of rotatable bonds is 5. The van der Waals surface area contributed by atoms with Crippen LogP contribution in [0.25, 0.3) is 11.3 Å². The Labute approximate surface area is 137 Å². The average molecular weight is 328 g/mol. The highest BCUT2D eigenvalue weighted by atomic mass is 32.1. The number of aromatic nitrogens is 1. The van der Waals surface area contributed by atoms with Crippen molar-refractivity contribution in [3.63, 3.8) is 0 Å². The van der Waals surface area contributed by atoms with Crippen LogP contribution in [-0.2, 0) is 0 Å². The molecule has 1 amide bonds. The van der Waals surface area contributed by atoms with Crippen molar-refractivity contribution in [2.75, 3.05) is 6.54 Å². The summed E-state index contributed by atoms with van der Waals surface area (Å²) in [6.45, 7) is 2.13. The molecule has 6 heteroatoms. The monoisotopic (exact) mass is 328 g/mol.